The first-order valence-electron chi connectivity index (χ1n) is 7.73. The van der Waals surface area contributed by atoms with Crippen LogP contribution in [0.1, 0.15) is 45.1 Å². The molecule has 0 heterocycles. The van der Waals surface area contributed by atoms with Gasteiger partial charge >= 0.3 is 0 Å². The first-order valence-corrected chi connectivity index (χ1v) is 7.73. The van der Waals surface area contributed by atoms with Gasteiger partial charge in [-0.3, -0.25) is 0 Å². The molecule has 2 rings (SSSR count). The van der Waals surface area contributed by atoms with Crippen LogP contribution in [0.2, 0.25) is 0 Å². The molecule has 3 heteroatoms. The number of halogens is 2. The quantitative estimate of drug-likeness (QED) is 0.848. The average molecular weight is 281 g/mol. The van der Waals surface area contributed by atoms with Gasteiger partial charge in [-0.2, -0.15) is 0 Å². The minimum atomic E-state index is -0.465. The van der Waals surface area contributed by atoms with Crippen LogP contribution >= 0.6 is 0 Å². The third-order valence-electron chi connectivity index (χ3n) is 4.28. The first-order chi connectivity index (χ1) is 9.54. The maximum Gasteiger partial charge on any atom is 0.126 e. The van der Waals surface area contributed by atoms with Crippen molar-refractivity contribution in [2.75, 3.05) is 6.54 Å². The van der Waals surface area contributed by atoms with Gasteiger partial charge in [-0.15, -0.1) is 0 Å². The number of hydrogen-bond acceptors (Lipinski definition) is 1. The zero-order chi connectivity index (χ0) is 14.5. The highest BCUT2D eigenvalue weighted by Crippen LogP contribution is 2.32. The second-order valence-corrected chi connectivity index (χ2v) is 6.35. The van der Waals surface area contributed by atoms with E-state index in [1.807, 2.05) is 0 Å². The highest BCUT2D eigenvalue weighted by atomic mass is 19.1. The Bertz CT molecular complexity index is 411. The molecule has 0 radical (unpaired) electrons. The zero-order valence-corrected chi connectivity index (χ0v) is 12.5. The molecular formula is C17H25F2N. The van der Waals surface area contributed by atoms with Crippen molar-refractivity contribution in [3.05, 3.63) is 35.4 Å². The van der Waals surface area contributed by atoms with Gasteiger partial charge in [-0.25, -0.2) is 8.78 Å². The summed E-state index contributed by atoms with van der Waals surface area (Å²) in [5.41, 5.74) is 0.795. The Kier molecular flexibility index (Phi) is 5.53. The third-order valence-corrected chi connectivity index (χ3v) is 4.28. The Morgan fingerprint density at radius 2 is 1.65 bits per heavy atom. The predicted octanol–water partition coefficient (Wildman–Crippen LogP) is 4.31. The molecule has 20 heavy (non-hydrogen) atoms. The van der Waals surface area contributed by atoms with E-state index in [1.54, 1.807) is 0 Å². The van der Waals surface area contributed by atoms with Crippen LogP contribution in [-0.2, 0) is 6.42 Å². The third kappa shape index (κ3) is 4.55. The van der Waals surface area contributed by atoms with Crippen LogP contribution < -0.4 is 5.32 Å². The van der Waals surface area contributed by atoms with E-state index in [-0.39, 0.29) is 0 Å². The van der Waals surface area contributed by atoms with Crippen molar-refractivity contribution < 1.29 is 8.78 Å². The van der Waals surface area contributed by atoms with E-state index in [0.717, 1.165) is 24.6 Å². The monoisotopic (exact) mass is 281 g/mol. The largest absolute Gasteiger partial charge is 0.314 e. The normalized spacial score (nSPS) is 23.2. The van der Waals surface area contributed by atoms with Crippen LogP contribution in [0.25, 0.3) is 0 Å². The van der Waals surface area contributed by atoms with E-state index >= 15 is 0 Å². The Morgan fingerprint density at radius 1 is 1.05 bits per heavy atom. The van der Waals surface area contributed by atoms with Gasteiger partial charge in [0.1, 0.15) is 11.6 Å². The number of hydrogen-bond donors (Lipinski definition) is 1. The van der Waals surface area contributed by atoms with Crippen LogP contribution in [-0.4, -0.2) is 12.6 Å². The van der Waals surface area contributed by atoms with E-state index in [0.29, 0.717) is 17.9 Å². The molecule has 1 fully saturated rings. The van der Waals surface area contributed by atoms with Gasteiger partial charge in [0, 0.05) is 12.1 Å². The summed E-state index contributed by atoms with van der Waals surface area (Å²) in [5, 5.41) is 3.51. The number of rotatable bonds is 5. The SMILES string of the molecule is CC(C)NCC1CCCCC1Cc1cc(F)cc(F)c1. The Balaban J connectivity index is 2.00. The van der Waals surface area contributed by atoms with Gasteiger partial charge in [0.2, 0.25) is 0 Å². The lowest BCUT2D eigenvalue weighted by atomic mass is 9.76. The fourth-order valence-electron chi connectivity index (χ4n) is 3.24. The number of benzene rings is 1. The molecule has 2 atom stereocenters. The molecule has 1 N–H and O–H groups in total. The highest BCUT2D eigenvalue weighted by Gasteiger charge is 2.25. The number of nitrogens with one attached hydrogen (secondary N) is 1. The topological polar surface area (TPSA) is 12.0 Å². The molecule has 1 aliphatic carbocycles. The first kappa shape index (κ1) is 15.4. The molecule has 1 aromatic carbocycles. The lowest BCUT2D eigenvalue weighted by Gasteiger charge is -2.32. The van der Waals surface area contributed by atoms with Gasteiger partial charge in [0.25, 0.3) is 0 Å². The Labute approximate surface area is 120 Å². The molecule has 112 valence electrons. The maximum absolute atomic E-state index is 13.3. The van der Waals surface area contributed by atoms with Gasteiger partial charge < -0.3 is 5.32 Å². The van der Waals surface area contributed by atoms with Crippen molar-refractivity contribution in [1.29, 1.82) is 0 Å². The van der Waals surface area contributed by atoms with E-state index in [9.17, 15) is 8.78 Å². The smallest absolute Gasteiger partial charge is 0.126 e. The molecule has 1 aromatic rings. The second kappa shape index (κ2) is 7.16. The summed E-state index contributed by atoms with van der Waals surface area (Å²) in [6.45, 7) is 5.32. The van der Waals surface area contributed by atoms with Gasteiger partial charge in [0.15, 0.2) is 0 Å². The maximum atomic E-state index is 13.3. The second-order valence-electron chi connectivity index (χ2n) is 6.35. The molecule has 1 nitrogen and oxygen atoms in total. The van der Waals surface area contributed by atoms with Gasteiger partial charge in [-0.05, 0) is 55.3 Å². The van der Waals surface area contributed by atoms with Crippen molar-refractivity contribution in [3.63, 3.8) is 0 Å². The van der Waals surface area contributed by atoms with Crippen LogP contribution in [0, 0.1) is 23.5 Å². The zero-order valence-electron chi connectivity index (χ0n) is 12.5. The van der Waals surface area contributed by atoms with E-state index in [1.165, 1.54) is 37.8 Å². The lowest BCUT2D eigenvalue weighted by Crippen LogP contribution is -2.35. The minimum absolute atomic E-state index is 0.465. The molecular weight excluding hydrogens is 256 g/mol. The Hall–Kier alpha value is -0.960. The fraction of sp³-hybridized carbons (Fsp3) is 0.647. The van der Waals surface area contributed by atoms with E-state index in [4.69, 9.17) is 0 Å². The predicted molar refractivity (Wildman–Crippen MR) is 78.6 cm³/mol. The summed E-state index contributed by atoms with van der Waals surface area (Å²) in [5.74, 6) is 0.231. The van der Waals surface area contributed by atoms with Crippen molar-refractivity contribution in [1.82, 2.24) is 5.32 Å². The van der Waals surface area contributed by atoms with Crippen molar-refractivity contribution >= 4 is 0 Å². The van der Waals surface area contributed by atoms with Gasteiger partial charge in [-0.1, -0.05) is 26.7 Å². The molecule has 0 aromatic heterocycles. The summed E-state index contributed by atoms with van der Waals surface area (Å²) in [6, 6.07) is 4.39. The Morgan fingerprint density at radius 3 is 2.25 bits per heavy atom. The molecule has 2 unspecified atom stereocenters. The summed E-state index contributed by atoms with van der Waals surface area (Å²) in [6.07, 6.45) is 5.70. The minimum Gasteiger partial charge on any atom is -0.314 e. The van der Waals surface area contributed by atoms with Crippen LogP contribution in [0.3, 0.4) is 0 Å². The van der Waals surface area contributed by atoms with Crippen LogP contribution in [0.5, 0.6) is 0 Å². The molecule has 0 bridgehead atoms. The molecule has 1 saturated carbocycles. The molecule has 0 amide bonds. The average Bonchev–Trinajstić information content (AvgIpc) is 2.36. The molecule has 0 aliphatic heterocycles. The molecule has 0 saturated heterocycles. The van der Waals surface area contributed by atoms with Crippen LogP contribution in [0.4, 0.5) is 8.78 Å². The van der Waals surface area contributed by atoms with E-state index < -0.39 is 11.6 Å². The fourth-order valence-corrected chi connectivity index (χ4v) is 3.24. The summed E-state index contributed by atoms with van der Waals surface area (Å²) in [4.78, 5) is 0. The summed E-state index contributed by atoms with van der Waals surface area (Å²) in [7, 11) is 0. The van der Waals surface area contributed by atoms with E-state index in [2.05, 4.69) is 19.2 Å². The van der Waals surface area contributed by atoms with Crippen molar-refractivity contribution in [2.24, 2.45) is 11.8 Å². The summed E-state index contributed by atoms with van der Waals surface area (Å²) >= 11 is 0. The van der Waals surface area contributed by atoms with Crippen LogP contribution in [0.15, 0.2) is 18.2 Å². The van der Waals surface area contributed by atoms with Crippen molar-refractivity contribution in [3.8, 4) is 0 Å². The summed E-state index contributed by atoms with van der Waals surface area (Å²) < 4.78 is 26.6. The standard InChI is InChI=1S/C17H25F2N/c1-12(2)20-11-15-6-4-3-5-14(15)7-13-8-16(18)10-17(19)9-13/h8-10,12,14-15,20H,3-7,11H2,1-2H3. The van der Waals surface area contributed by atoms with Gasteiger partial charge in [0.05, 0.1) is 0 Å². The lowest BCUT2D eigenvalue weighted by molar-refractivity contribution is 0.224. The molecule has 0 spiro atoms. The highest BCUT2D eigenvalue weighted by molar-refractivity contribution is 5.18. The van der Waals surface area contributed by atoms with Crippen molar-refractivity contribution in [2.45, 2.75) is 52.0 Å². The molecule has 1 aliphatic rings.